The number of carbonyl (C=O) groups excluding carboxylic acids is 1. The molecule has 128 valence electrons. The van der Waals surface area contributed by atoms with Gasteiger partial charge in [0.15, 0.2) is 0 Å². The van der Waals surface area contributed by atoms with Crippen molar-refractivity contribution in [2.45, 2.75) is 6.42 Å². The minimum absolute atomic E-state index is 0.0819. The largest absolute Gasteiger partial charge is 0.497 e. The van der Waals surface area contributed by atoms with E-state index in [9.17, 15) is 4.79 Å². The summed E-state index contributed by atoms with van der Waals surface area (Å²) in [5.74, 6) is 0.604. The molecule has 0 aliphatic heterocycles. The summed E-state index contributed by atoms with van der Waals surface area (Å²) in [6, 6.07) is 21.6. The van der Waals surface area contributed by atoms with Gasteiger partial charge in [-0.2, -0.15) is 0 Å². The van der Waals surface area contributed by atoms with Gasteiger partial charge in [0.25, 0.3) is 0 Å². The standard InChI is InChI=1S/C22H18N2O2/c1-26-18-12-17-9-5-11-23-22(17)20(14-18)24-21(25)13-16-8-4-7-15-6-2-3-10-19(15)16/h2-12,14H,13H2,1H3,(H,24,25). The zero-order valence-electron chi connectivity index (χ0n) is 14.4. The molecule has 26 heavy (non-hydrogen) atoms. The van der Waals surface area contributed by atoms with E-state index in [0.29, 0.717) is 17.9 Å². The molecule has 0 fully saturated rings. The Bertz CT molecular complexity index is 1100. The van der Waals surface area contributed by atoms with Crippen molar-refractivity contribution in [3.63, 3.8) is 0 Å². The van der Waals surface area contributed by atoms with Gasteiger partial charge in [-0.15, -0.1) is 0 Å². The van der Waals surface area contributed by atoms with Gasteiger partial charge in [0.1, 0.15) is 5.75 Å². The Labute approximate surface area is 151 Å². The average Bonchev–Trinajstić information content (AvgIpc) is 2.68. The summed E-state index contributed by atoms with van der Waals surface area (Å²) >= 11 is 0. The van der Waals surface area contributed by atoms with Crippen LogP contribution >= 0.6 is 0 Å². The number of fused-ring (bicyclic) bond motifs is 2. The van der Waals surface area contributed by atoms with Gasteiger partial charge in [0.05, 0.1) is 24.7 Å². The molecule has 0 atom stereocenters. The van der Waals surface area contributed by atoms with E-state index in [1.807, 2.05) is 48.5 Å². The van der Waals surface area contributed by atoms with Gasteiger partial charge in [0.2, 0.25) is 5.91 Å². The highest BCUT2D eigenvalue weighted by molar-refractivity contribution is 6.02. The van der Waals surface area contributed by atoms with Crippen molar-refractivity contribution in [1.29, 1.82) is 0 Å². The third kappa shape index (κ3) is 3.09. The lowest BCUT2D eigenvalue weighted by molar-refractivity contribution is -0.115. The quantitative estimate of drug-likeness (QED) is 0.591. The number of carbonyl (C=O) groups is 1. The van der Waals surface area contributed by atoms with Crippen LogP contribution in [0.15, 0.2) is 72.9 Å². The van der Waals surface area contributed by atoms with Gasteiger partial charge < -0.3 is 10.1 Å². The number of hydrogen-bond donors (Lipinski definition) is 1. The van der Waals surface area contributed by atoms with E-state index in [2.05, 4.69) is 22.4 Å². The SMILES string of the molecule is COc1cc(NC(=O)Cc2cccc3ccccc23)c2ncccc2c1. The molecular weight excluding hydrogens is 324 g/mol. The van der Waals surface area contributed by atoms with Crippen molar-refractivity contribution in [2.75, 3.05) is 12.4 Å². The Morgan fingerprint density at radius 2 is 1.81 bits per heavy atom. The van der Waals surface area contributed by atoms with Crippen LogP contribution in [0.1, 0.15) is 5.56 Å². The first-order valence-electron chi connectivity index (χ1n) is 8.44. The Hall–Kier alpha value is -3.40. The van der Waals surface area contributed by atoms with Crippen LogP contribution in [-0.2, 0) is 11.2 Å². The molecule has 1 aromatic heterocycles. The van der Waals surface area contributed by atoms with E-state index in [4.69, 9.17) is 4.74 Å². The second-order valence-corrected chi connectivity index (χ2v) is 6.11. The fraction of sp³-hybridized carbons (Fsp3) is 0.0909. The average molecular weight is 342 g/mol. The number of ether oxygens (including phenoxy) is 1. The van der Waals surface area contributed by atoms with Crippen molar-refractivity contribution in [1.82, 2.24) is 4.98 Å². The van der Waals surface area contributed by atoms with Crippen molar-refractivity contribution >= 4 is 33.3 Å². The van der Waals surface area contributed by atoms with E-state index in [1.54, 1.807) is 19.4 Å². The molecule has 4 rings (SSSR count). The van der Waals surface area contributed by atoms with Crippen molar-refractivity contribution < 1.29 is 9.53 Å². The van der Waals surface area contributed by atoms with Gasteiger partial charge in [-0.25, -0.2) is 0 Å². The number of anilines is 1. The second kappa shape index (κ2) is 6.84. The summed E-state index contributed by atoms with van der Waals surface area (Å²) in [6.45, 7) is 0. The van der Waals surface area contributed by atoms with Crippen LogP contribution in [0.4, 0.5) is 5.69 Å². The molecule has 0 aliphatic carbocycles. The highest BCUT2D eigenvalue weighted by atomic mass is 16.5. The van der Waals surface area contributed by atoms with Crippen LogP contribution in [-0.4, -0.2) is 18.0 Å². The first-order chi connectivity index (χ1) is 12.7. The maximum absolute atomic E-state index is 12.7. The Kier molecular flexibility index (Phi) is 4.23. The molecule has 4 nitrogen and oxygen atoms in total. The minimum atomic E-state index is -0.0819. The summed E-state index contributed by atoms with van der Waals surface area (Å²) in [4.78, 5) is 17.1. The lowest BCUT2D eigenvalue weighted by Gasteiger charge is -2.11. The molecular formula is C22H18N2O2. The lowest BCUT2D eigenvalue weighted by atomic mass is 10.0. The summed E-state index contributed by atoms with van der Waals surface area (Å²) in [5, 5.41) is 6.14. The third-order valence-electron chi connectivity index (χ3n) is 4.42. The molecule has 0 saturated heterocycles. The van der Waals surface area contributed by atoms with E-state index in [0.717, 1.165) is 27.2 Å². The van der Waals surface area contributed by atoms with E-state index < -0.39 is 0 Å². The highest BCUT2D eigenvalue weighted by Crippen LogP contribution is 2.28. The molecule has 1 heterocycles. The summed E-state index contributed by atoms with van der Waals surface area (Å²) in [7, 11) is 1.61. The number of aromatic nitrogens is 1. The monoisotopic (exact) mass is 342 g/mol. The predicted molar refractivity (Wildman–Crippen MR) is 105 cm³/mol. The molecule has 0 saturated carbocycles. The second-order valence-electron chi connectivity index (χ2n) is 6.11. The van der Waals surface area contributed by atoms with Crippen LogP contribution in [0.2, 0.25) is 0 Å². The molecule has 3 aromatic carbocycles. The van der Waals surface area contributed by atoms with Crippen LogP contribution < -0.4 is 10.1 Å². The zero-order valence-corrected chi connectivity index (χ0v) is 14.4. The number of pyridine rings is 1. The third-order valence-corrected chi connectivity index (χ3v) is 4.42. The molecule has 1 amide bonds. The number of nitrogens with one attached hydrogen (secondary N) is 1. The number of hydrogen-bond acceptors (Lipinski definition) is 3. The van der Waals surface area contributed by atoms with Crippen molar-refractivity contribution in [3.8, 4) is 5.75 Å². The number of methoxy groups -OCH3 is 1. The Morgan fingerprint density at radius 1 is 1.00 bits per heavy atom. The van der Waals surface area contributed by atoms with Crippen molar-refractivity contribution in [2.24, 2.45) is 0 Å². The molecule has 0 unspecified atom stereocenters. The maximum Gasteiger partial charge on any atom is 0.228 e. The van der Waals surface area contributed by atoms with Crippen LogP contribution in [0.25, 0.3) is 21.7 Å². The maximum atomic E-state index is 12.7. The van der Waals surface area contributed by atoms with E-state index >= 15 is 0 Å². The summed E-state index contributed by atoms with van der Waals surface area (Å²) in [6.07, 6.45) is 2.02. The van der Waals surface area contributed by atoms with Crippen LogP contribution in [0.3, 0.4) is 0 Å². The number of nitrogens with zero attached hydrogens (tertiary/aromatic N) is 1. The Morgan fingerprint density at radius 3 is 2.69 bits per heavy atom. The molecule has 4 heteroatoms. The normalized spacial score (nSPS) is 10.8. The molecule has 0 radical (unpaired) electrons. The molecule has 0 aliphatic rings. The van der Waals surface area contributed by atoms with E-state index in [1.165, 1.54) is 0 Å². The Balaban J connectivity index is 1.65. The first-order valence-corrected chi connectivity index (χ1v) is 8.44. The van der Waals surface area contributed by atoms with Gasteiger partial charge in [-0.05, 0) is 28.5 Å². The molecule has 1 N–H and O–H groups in total. The fourth-order valence-corrected chi connectivity index (χ4v) is 3.19. The predicted octanol–water partition coefficient (Wildman–Crippen LogP) is 4.58. The lowest BCUT2D eigenvalue weighted by Crippen LogP contribution is -2.15. The highest BCUT2D eigenvalue weighted by Gasteiger charge is 2.11. The minimum Gasteiger partial charge on any atom is -0.497 e. The smallest absolute Gasteiger partial charge is 0.228 e. The van der Waals surface area contributed by atoms with Crippen LogP contribution in [0.5, 0.6) is 5.75 Å². The van der Waals surface area contributed by atoms with E-state index in [-0.39, 0.29) is 5.91 Å². The number of benzene rings is 3. The zero-order chi connectivity index (χ0) is 17.9. The van der Waals surface area contributed by atoms with Gasteiger partial charge in [-0.3, -0.25) is 9.78 Å². The topological polar surface area (TPSA) is 51.2 Å². The van der Waals surface area contributed by atoms with Crippen LogP contribution in [0, 0.1) is 0 Å². The number of amides is 1. The molecule has 0 bridgehead atoms. The summed E-state index contributed by atoms with van der Waals surface area (Å²) in [5.41, 5.74) is 2.41. The first kappa shape index (κ1) is 16.1. The van der Waals surface area contributed by atoms with Gasteiger partial charge >= 0.3 is 0 Å². The molecule has 0 spiro atoms. The van der Waals surface area contributed by atoms with Gasteiger partial charge in [-0.1, -0.05) is 48.5 Å². The van der Waals surface area contributed by atoms with Gasteiger partial charge in [0, 0.05) is 17.6 Å². The fourth-order valence-electron chi connectivity index (χ4n) is 3.19. The summed E-state index contributed by atoms with van der Waals surface area (Å²) < 4.78 is 5.34. The molecule has 4 aromatic rings. The number of rotatable bonds is 4. The van der Waals surface area contributed by atoms with Crippen molar-refractivity contribution in [3.05, 3.63) is 78.5 Å².